The Morgan fingerprint density at radius 2 is 0.649 bits per heavy atom. The summed E-state index contributed by atoms with van der Waals surface area (Å²) in [5, 5.41) is 0. The molecule has 8 nitrogen and oxygen atoms in total. The molecule has 0 spiro atoms. The molecule has 0 saturated carbocycles. The Morgan fingerprint density at radius 1 is 0.432 bits per heavy atom. The fourth-order valence-corrected chi connectivity index (χ4v) is 3.12. The van der Waals surface area contributed by atoms with Gasteiger partial charge in [-0.15, -0.1) is 0 Å². The maximum Gasteiger partial charge on any atom is 0.105 e. The Kier molecular flexibility index (Phi) is 23.2. The van der Waals surface area contributed by atoms with Crippen molar-refractivity contribution in [3.63, 3.8) is 0 Å². The SMILES string of the molecule is CCCCc1ncc[nH]1.CCCCc1ncc[nH]1.CCCCc1ncc[nH]1.CCCCc1ncc[nH]1.[Cu]. The Hall–Kier alpha value is -2.64. The molecule has 0 atom stereocenters. The summed E-state index contributed by atoms with van der Waals surface area (Å²) in [5.74, 6) is 4.43. The molecule has 4 rings (SSSR count). The largest absolute Gasteiger partial charge is 0.349 e. The van der Waals surface area contributed by atoms with Crippen LogP contribution in [0.4, 0.5) is 0 Å². The molecular formula is C28H48CuN8. The van der Waals surface area contributed by atoms with E-state index in [-0.39, 0.29) is 17.1 Å². The zero-order chi connectivity index (χ0) is 26.1. The molecule has 0 aliphatic heterocycles. The fourth-order valence-electron chi connectivity index (χ4n) is 3.12. The first-order chi connectivity index (χ1) is 17.7. The number of hydrogen-bond acceptors (Lipinski definition) is 4. The first-order valence-corrected chi connectivity index (χ1v) is 13.7. The third-order valence-corrected chi connectivity index (χ3v) is 5.29. The number of aromatic nitrogens is 8. The molecule has 4 aromatic heterocycles. The first kappa shape index (κ1) is 34.4. The number of imidazole rings is 4. The molecule has 4 N–H and O–H groups in total. The van der Waals surface area contributed by atoms with Crippen LogP contribution in [0.3, 0.4) is 0 Å². The van der Waals surface area contributed by atoms with E-state index in [1.807, 2.05) is 24.8 Å². The summed E-state index contributed by atoms with van der Waals surface area (Å²) >= 11 is 0. The van der Waals surface area contributed by atoms with Crippen LogP contribution in [0.15, 0.2) is 49.6 Å². The molecule has 37 heavy (non-hydrogen) atoms. The molecule has 0 bridgehead atoms. The minimum atomic E-state index is 0. The van der Waals surface area contributed by atoms with Crippen LogP contribution >= 0.6 is 0 Å². The summed E-state index contributed by atoms with van der Waals surface area (Å²) in [4.78, 5) is 28.6. The Balaban J connectivity index is 0.000000463. The molecule has 0 amide bonds. The van der Waals surface area contributed by atoms with Gasteiger partial charge in [-0.3, -0.25) is 0 Å². The summed E-state index contributed by atoms with van der Waals surface area (Å²) in [5.41, 5.74) is 0. The number of nitrogens with one attached hydrogen (secondary N) is 4. The van der Waals surface area contributed by atoms with Crippen molar-refractivity contribution in [3.05, 3.63) is 72.9 Å². The molecule has 211 valence electrons. The molecular weight excluding hydrogens is 512 g/mol. The summed E-state index contributed by atoms with van der Waals surface area (Å²) < 4.78 is 0. The maximum atomic E-state index is 4.10. The first-order valence-electron chi connectivity index (χ1n) is 13.7. The van der Waals surface area contributed by atoms with Gasteiger partial charge in [-0.25, -0.2) is 19.9 Å². The van der Waals surface area contributed by atoms with Gasteiger partial charge in [0.05, 0.1) is 0 Å². The summed E-state index contributed by atoms with van der Waals surface area (Å²) in [6, 6.07) is 0. The van der Waals surface area contributed by atoms with Gasteiger partial charge in [-0.05, 0) is 25.7 Å². The van der Waals surface area contributed by atoms with Crippen LogP contribution in [-0.2, 0) is 42.8 Å². The van der Waals surface area contributed by atoms with E-state index in [1.165, 1.54) is 51.4 Å². The Bertz CT molecular complexity index is 735. The van der Waals surface area contributed by atoms with E-state index >= 15 is 0 Å². The van der Waals surface area contributed by atoms with Crippen molar-refractivity contribution >= 4 is 0 Å². The van der Waals surface area contributed by atoms with E-state index in [1.54, 1.807) is 24.8 Å². The maximum absolute atomic E-state index is 4.10. The Morgan fingerprint density at radius 3 is 0.784 bits per heavy atom. The van der Waals surface area contributed by atoms with Gasteiger partial charge in [-0.2, -0.15) is 0 Å². The van der Waals surface area contributed by atoms with Crippen LogP contribution in [-0.4, -0.2) is 39.9 Å². The number of nitrogens with zero attached hydrogens (tertiary/aromatic N) is 4. The van der Waals surface area contributed by atoms with Crippen molar-refractivity contribution in [3.8, 4) is 0 Å². The van der Waals surface area contributed by atoms with E-state index in [2.05, 4.69) is 67.6 Å². The van der Waals surface area contributed by atoms with Gasteiger partial charge in [0.1, 0.15) is 23.3 Å². The fraction of sp³-hybridized carbons (Fsp3) is 0.571. The predicted octanol–water partition coefficient (Wildman–Crippen LogP) is 7.01. The minimum Gasteiger partial charge on any atom is -0.349 e. The van der Waals surface area contributed by atoms with Gasteiger partial charge in [0.25, 0.3) is 0 Å². The Labute approximate surface area is 234 Å². The van der Waals surface area contributed by atoms with Gasteiger partial charge < -0.3 is 19.9 Å². The van der Waals surface area contributed by atoms with Gasteiger partial charge in [0, 0.05) is 92.3 Å². The molecule has 0 saturated heterocycles. The zero-order valence-corrected chi connectivity index (χ0v) is 24.1. The molecule has 0 unspecified atom stereocenters. The van der Waals surface area contributed by atoms with E-state index < -0.39 is 0 Å². The number of unbranched alkanes of at least 4 members (excludes halogenated alkanes) is 4. The third kappa shape index (κ3) is 19.2. The smallest absolute Gasteiger partial charge is 0.105 e. The number of H-pyrrole nitrogens is 4. The molecule has 4 heterocycles. The monoisotopic (exact) mass is 559 g/mol. The van der Waals surface area contributed by atoms with Gasteiger partial charge in [-0.1, -0.05) is 53.4 Å². The summed E-state index contributed by atoms with van der Waals surface area (Å²) in [6.45, 7) is 8.73. The van der Waals surface area contributed by atoms with Crippen molar-refractivity contribution in [1.82, 2.24) is 39.9 Å². The molecule has 9 heteroatoms. The summed E-state index contributed by atoms with van der Waals surface area (Å²) in [6.07, 6.45) is 28.9. The summed E-state index contributed by atoms with van der Waals surface area (Å²) in [7, 11) is 0. The van der Waals surface area contributed by atoms with Crippen molar-refractivity contribution in [2.24, 2.45) is 0 Å². The minimum absolute atomic E-state index is 0. The molecule has 0 aliphatic rings. The van der Waals surface area contributed by atoms with E-state index in [9.17, 15) is 0 Å². The molecule has 0 aromatic carbocycles. The van der Waals surface area contributed by atoms with Crippen LogP contribution < -0.4 is 0 Å². The second-order valence-corrected chi connectivity index (χ2v) is 8.56. The number of aryl methyl sites for hydroxylation is 4. The van der Waals surface area contributed by atoms with Gasteiger partial charge in [0.2, 0.25) is 0 Å². The molecule has 0 fully saturated rings. The number of hydrogen-bond donors (Lipinski definition) is 4. The van der Waals surface area contributed by atoms with Crippen LogP contribution in [0, 0.1) is 0 Å². The normalized spacial score (nSPS) is 9.62. The average Bonchev–Trinajstić information content (AvgIpc) is 3.74. The predicted molar refractivity (Wildman–Crippen MR) is 149 cm³/mol. The van der Waals surface area contributed by atoms with Crippen LogP contribution in [0.5, 0.6) is 0 Å². The van der Waals surface area contributed by atoms with Crippen LogP contribution in [0.1, 0.15) is 102 Å². The van der Waals surface area contributed by atoms with Crippen molar-refractivity contribution < 1.29 is 17.1 Å². The molecule has 4 aromatic rings. The zero-order valence-electron chi connectivity index (χ0n) is 23.2. The van der Waals surface area contributed by atoms with E-state index in [4.69, 9.17) is 0 Å². The van der Waals surface area contributed by atoms with Crippen LogP contribution in [0.2, 0.25) is 0 Å². The number of rotatable bonds is 12. The van der Waals surface area contributed by atoms with Crippen molar-refractivity contribution in [2.75, 3.05) is 0 Å². The van der Waals surface area contributed by atoms with E-state index in [0.29, 0.717) is 0 Å². The second-order valence-electron chi connectivity index (χ2n) is 8.56. The molecule has 0 aliphatic carbocycles. The van der Waals surface area contributed by atoms with Crippen LogP contribution in [0.25, 0.3) is 0 Å². The third-order valence-electron chi connectivity index (χ3n) is 5.29. The van der Waals surface area contributed by atoms with Gasteiger partial charge in [0.15, 0.2) is 0 Å². The topological polar surface area (TPSA) is 115 Å². The average molecular weight is 560 g/mol. The molecule has 1 radical (unpaired) electrons. The second kappa shape index (κ2) is 25.0. The standard InChI is InChI=1S/4C7H12N2.Cu/c4*1-2-3-4-7-8-5-6-9-7;/h4*5-6H,2-4H2,1H3,(H,8,9);. The quantitative estimate of drug-likeness (QED) is 0.140. The number of aromatic amines is 4. The van der Waals surface area contributed by atoms with Gasteiger partial charge >= 0.3 is 0 Å². The van der Waals surface area contributed by atoms with Crippen molar-refractivity contribution in [2.45, 2.75) is 105 Å². The van der Waals surface area contributed by atoms with E-state index in [0.717, 1.165) is 49.0 Å². The van der Waals surface area contributed by atoms with Crippen molar-refractivity contribution in [1.29, 1.82) is 0 Å².